The van der Waals surface area contributed by atoms with E-state index in [-0.39, 0.29) is 17.9 Å². The predicted molar refractivity (Wildman–Crippen MR) is 81.2 cm³/mol. The van der Waals surface area contributed by atoms with E-state index >= 15 is 0 Å². The van der Waals surface area contributed by atoms with Gasteiger partial charge in [0, 0.05) is 6.04 Å². The van der Waals surface area contributed by atoms with Gasteiger partial charge in [-0.1, -0.05) is 6.92 Å². The highest BCUT2D eigenvalue weighted by atomic mass is 16.5. The maximum absolute atomic E-state index is 12.4. The molecule has 0 fully saturated rings. The topological polar surface area (TPSA) is 82.8 Å². The first kappa shape index (κ1) is 17.1. The molecule has 1 rings (SSSR count). The van der Waals surface area contributed by atoms with Crippen molar-refractivity contribution in [2.24, 2.45) is 11.7 Å². The molecule has 1 amide bonds. The van der Waals surface area contributed by atoms with E-state index in [0.29, 0.717) is 29.4 Å². The van der Waals surface area contributed by atoms with Gasteiger partial charge in [0.1, 0.15) is 0 Å². The van der Waals surface area contributed by atoms with Gasteiger partial charge in [-0.05, 0) is 31.5 Å². The quantitative estimate of drug-likeness (QED) is 0.795. The Labute approximate surface area is 125 Å². The lowest BCUT2D eigenvalue weighted by Gasteiger charge is -2.21. The summed E-state index contributed by atoms with van der Waals surface area (Å²) in [6, 6.07) is 3.28. The molecule has 0 aromatic heterocycles. The smallest absolute Gasteiger partial charge is 0.255 e. The number of carbonyl (C=O) groups excluding carboxylic acids is 1. The molecule has 0 saturated heterocycles. The summed E-state index contributed by atoms with van der Waals surface area (Å²) in [6.07, 6.45) is 0. The Hall–Kier alpha value is -1.95. The summed E-state index contributed by atoms with van der Waals surface area (Å²) in [6.45, 7) is 4.41. The summed E-state index contributed by atoms with van der Waals surface area (Å²) in [4.78, 5) is 12.4. The molecule has 21 heavy (non-hydrogen) atoms. The van der Waals surface area contributed by atoms with E-state index < -0.39 is 0 Å². The molecule has 3 N–H and O–H groups in total. The largest absolute Gasteiger partial charge is 0.493 e. The van der Waals surface area contributed by atoms with E-state index in [9.17, 15) is 4.79 Å². The molecule has 0 spiro atoms. The summed E-state index contributed by atoms with van der Waals surface area (Å²) in [5.74, 6) is 1.20. The van der Waals surface area contributed by atoms with Gasteiger partial charge in [-0.2, -0.15) is 0 Å². The third-order valence-corrected chi connectivity index (χ3v) is 3.53. The summed E-state index contributed by atoms with van der Waals surface area (Å²) in [5.41, 5.74) is 6.01. The van der Waals surface area contributed by atoms with Crippen LogP contribution in [0, 0.1) is 5.92 Å². The van der Waals surface area contributed by atoms with Crippen LogP contribution in [0.2, 0.25) is 0 Å². The number of hydrogen-bond donors (Lipinski definition) is 2. The van der Waals surface area contributed by atoms with Crippen LogP contribution in [0.4, 0.5) is 0 Å². The van der Waals surface area contributed by atoms with Gasteiger partial charge in [-0.25, -0.2) is 0 Å². The lowest BCUT2D eigenvalue weighted by atomic mass is 10.0. The Morgan fingerprint density at radius 1 is 1.14 bits per heavy atom. The van der Waals surface area contributed by atoms with Gasteiger partial charge in [-0.15, -0.1) is 0 Å². The first-order chi connectivity index (χ1) is 9.99. The molecule has 0 aliphatic rings. The van der Waals surface area contributed by atoms with E-state index in [4.69, 9.17) is 19.9 Å². The molecular weight excluding hydrogens is 272 g/mol. The van der Waals surface area contributed by atoms with Crippen molar-refractivity contribution in [3.05, 3.63) is 17.7 Å². The fraction of sp³-hybridized carbons (Fsp3) is 0.533. The van der Waals surface area contributed by atoms with Crippen LogP contribution in [0.25, 0.3) is 0 Å². The molecule has 6 heteroatoms. The van der Waals surface area contributed by atoms with E-state index in [1.807, 2.05) is 13.8 Å². The molecule has 0 aliphatic heterocycles. The molecule has 1 aromatic rings. The number of benzene rings is 1. The number of rotatable bonds is 7. The molecule has 118 valence electrons. The maximum atomic E-state index is 12.4. The van der Waals surface area contributed by atoms with E-state index in [1.165, 1.54) is 21.3 Å². The molecule has 1 aromatic carbocycles. The first-order valence-corrected chi connectivity index (χ1v) is 6.80. The number of amides is 1. The van der Waals surface area contributed by atoms with Gasteiger partial charge < -0.3 is 25.3 Å². The second kappa shape index (κ2) is 7.73. The van der Waals surface area contributed by atoms with Crippen molar-refractivity contribution < 1.29 is 19.0 Å². The molecule has 6 nitrogen and oxygen atoms in total. The number of hydrogen-bond acceptors (Lipinski definition) is 5. The van der Waals surface area contributed by atoms with Gasteiger partial charge in [0.2, 0.25) is 5.75 Å². The lowest BCUT2D eigenvalue weighted by molar-refractivity contribution is 0.0925. The Bertz CT molecular complexity index is 491. The number of methoxy groups -OCH3 is 3. The number of carbonyl (C=O) groups is 1. The normalized spacial score (nSPS) is 13.2. The van der Waals surface area contributed by atoms with Crippen LogP contribution in [-0.4, -0.2) is 39.8 Å². The van der Waals surface area contributed by atoms with Crippen molar-refractivity contribution in [1.82, 2.24) is 5.32 Å². The van der Waals surface area contributed by atoms with Crippen LogP contribution in [0.5, 0.6) is 17.2 Å². The summed E-state index contributed by atoms with van der Waals surface area (Å²) in [5, 5.41) is 2.92. The van der Waals surface area contributed by atoms with Crippen molar-refractivity contribution in [1.29, 1.82) is 0 Å². The van der Waals surface area contributed by atoms with Crippen LogP contribution in [-0.2, 0) is 0 Å². The fourth-order valence-corrected chi connectivity index (χ4v) is 1.91. The fourth-order valence-electron chi connectivity index (χ4n) is 1.91. The molecule has 0 saturated carbocycles. The molecular formula is C15H24N2O4. The second-order valence-corrected chi connectivity index (χ2v) is 4.86. The molecule has 0 bridgehead atoms. The SMILES string of the molecule is COc1ccc(C(=O)NC(C)C(C)CN)c(OC)c1OC. The van der Waals surface area contributed by atoms with Crippen LogP contribution in [0.15, 0.2) is 12.1 Å². The van der Waals surface area contributed by atoms with Gasteiger partial charge in [0.25, 0.3) is 5.91 Å². The van der Waals surface area contributed by atoms with E-state index in [1.54, 1.807) is 12.1 Å². The maximum Gasteiger partial charge on any atom is 0.255 e. The summed E-state index contributed by atoms with van der Waals surface area (Å²) in [7, 11) is 4.52. The van der Waals surface area contributed by atoms with Gasteiger partial charge >= 0.3 is 0 Å². The predicted octanol–water partition coefficient (Wildman–Crippen LogP) is 1.43. The number of nitrogens with one attached hydrogen (secondary N) is 1. The van der Waals surface area contributed by atoms with Crippen molar-refractivity contribution in [3.8, 4) is 17.2 Å². The Kier molecular flexibility index (Phi) is 6.30. The average Bonchev–Trinajstić information content (AvgIpc) is 2.51. The van der Waals surface area contributed by atoms with E-state index in [2.05, 4.69) is 5.32 Å². The zero-order valence-corrected chi connectivity index (χ0v) is 13.2. The highest BCUT2D eigenvalue weighted by Crippen LogP contribution is 2.39. The van der Waals surface area contributed by atoms with Crippen molar-refractivity contribution in [3.63, 3.8) is 0 Å². The lowest BCUT2D eigenvalue weighted by Crippen LogP contribution is -2.39. The van der Waals surface area contributed by atoms with Crippen LogP contribution in [0.3, 0.4) is 0 Å². The molecule has 2 unspecified atom stereocenters. The monoisotopic (exact) mass is 296 g/mol. The van der Waals surface area contributed by atoms with Gasteiger partial charge in [0.15, 0.2) is 11.5 Å². The number of ether oxygens (including phenoxy) is 3. The first-order valence-electron chi connectivity index (χ1n) is 6.80. The molecule has 0 radical (unpaired) electrons. The highest BCUT2D eigenvalue weighted by Gasteiger charge is 2.22. The van der Waals surface area contributed by atoms with Crippen molar-refractivity contribution >= 4 is 5.91 Å². The Morgan fingerprint density at radius 3 is 2.24 bits per heavy atom. The zero-order chi connectivity index (χ0) is 16.0. The van der Waals surface area contributed by atoms with Crippen LogP contribution >= 0.6 is 0 Å². The second-order valence-electron chi connectivity index (χ2n) is 4.86. The molecule has 0 heterocycles. The van der Waals surface area contributed by atoms with Crippen LogP contribution in [0.1, 0.15) is 24.2 Å². The highest BCUT2D eigenvalue weighted by molar-refractivity contribution is 5.98. The van der Waals surface area contributed by atoms with Crippen LogP contribution < -0.4 is 25.3 Å². The molecule has 2 atom stereocenters. The third-order valence-electron chi connectivity index (χ3n) is 3.53. The Morgan fingerprint density at radius 2 is 1.76 bits per heavy atom. The minimum absolute atomic E-state index is 0.0414. The molecule has 0 aliphatic carbocycles. The summed E-state index contributed by atoms with van der Waals surface area (Å²) >= 11 is 0. The van der Waals surface area contributed by atoms with Crippen molar-refractivity contribution in [2.45, 2.75) is 19.9 Å². The van der Waals surface area contributed by atoms with E-state index in [0.717, 1.165) is 0 Å². The van der Waals surface area contributed by atoms with Gasteiger partial charge in [-0.3, -0.25) is 4.79 Å². The minimum Gasteiger partial charge on any atom is -0.493 e. The minimum atomic E-state index is -0.236. The Balaban J connectivity index is 3.10. The zero-order valence-electron chi connectivity index (χ0n) is 13.2. The average molecular weight is 296 g/mol. The third kappa shape index (κ3) is 3.78. The standard InChI is InChI=1S/C15H24N2O4/c1-9(8-16)10(2)17-15(18)11-6-7-12(19-3)14(21-5)13(11)20-4/h6-7,9-10H,8,16H2,1-5H3,(H,17,18). The summed E-state index contributed by atoms with van der Waals surface area (Å²) < 4.78 is 15.8. The number of nitrogens with two attached hydrogens (primary N) is 1. The van der Waals surface area contributed by atoms with Crippen molar-refractivity contribution in [2.75, 3.05) is 27.9 Å². The van der Waals surface area contributed by atoms with Gasteiger partial charge in [0.05, 0.1) is 26.9 Å².